The minimum absolute atomic E-state index is 0.214. The summed E-state index contributed by atoms with van der Waals surface area (Å²) in [5.74, 6) is -0.852. The van der Waals surface area contributed by atoms with Gasteiger partial charge in [-0.1, -0.05) is 6.92 Å². The van der Waals surface area contributed by atoms with Crippen molar-refractivity contribution < 1.29 is 23.9 Å². The largest absolute Gasteiger partial charge is 0.467 e. The van der Waals surface area contributed by atoms with Crippen molar-refractivity contribution in [1.29, 1.82) is 0 Å². The monoisotopic (exact) mass is 260 g/mol. The van der Waals surface area contributed by atoms with Gasteiger partial charge in [-0.2, -0.15) is 0 Å². The van der Waals surface area contributed by atoms with E-state index in [1.165, 1.54) is 19.1 Å². The molecule has 1 N–H and O–H groups in total. The zero-order chi connectivity index (χ0) is 14.1. The molecule has 0 aliphatic heterocycles. The van der Waals surface area contributed by atoms with Gasteiger partial charge >= 0.3 is 12.1 Å². The first-order valence-corrected chi connectivity index (χ1v) is 5.67. The summed E-state index contributed by atoms with van der Waals surface area (Å²) in [5, 5.41) is 2.28. The number of hydrogen-bond donors (Lipinski definition) is 1. The van der Waals surface area contributed by atoms with Crippen LogP contribution in [-0.4, -0.2) is 56.2 Å². The Kier molecular flexibility index (Phi) is 7.50. The summed E-state index contributed by atoms with van der Waals surface area (Å²) in [6, 6.07) is -0.679. The van der Waals surface area contributed by atoms with E-state index >= 15 is 0 Å². The Bertz CT molecular complexity index is 306. The van der Waals surface area contributed by atoms with Crippen LogP contribution >= 0.6 is 0 Å². The molecule has 0 radical (unpaired) electrons. The van der Waals surface area contributed by atoms with Crippen LogP contribution < -0.4 is 5.32 Å². The van der Waals surface area contributed by atoms with E-state index in [4.69, 9.17) is 0 Å². The second-order valence-corrected chi connectivity index (χ2v) is 3.63. The molecule has 7 nitrogen and oxygen atoms in total. The van der Waals surface area contributed by atoms with E-state index in [0.717, 1.165) is 0 Å². The molecule has 0 heterocycles. The summed E-state index contributed by atoms with van der Waals surface area (Å²) < 4.78 is 8.95. The molecular formula is C11H20N2O5. The van der Waals surface area contributed by atoms with E-state index in [-0.39, 0.29) is 12.5 Å². The maximum absolute atomic E-state index is 11.9. The molecule has 104 valence electrons. The number of rotatable bonds is 6. The third kappa shape index (κ3) is 5.03. The number of alkyl carbamates (subject to hydrolysis) is 1. The molecule has 0 rings (SSSR count). The van der Waals surface area contributed by atoms with Crippen molar-refractivity contribution in [3.63, 3.8) is 0 Å². The van der Waals surface area contributed by atoms with Crippen LogP contribution in [-0.2, 0) is 19.1 Å². The van der Waals surface area contributed by atoms with Gasteiger partial charge in [0.15, 0.2) is 0 Å². The lowest BCUT2D eigenvalue weighted by molar-refractivity contribution is -0.151. The highest BCUT2D eigenvalue weighted by molar-refractivity contribution is 5.87. The molecule has 0 unspecified atom stereocenters. The van der Waals surface area contributed by atoms with Crippen LogP contribution in [0.2, 0.25) is 0 Å². The lowest BCUT2D eigenvalue weighted by atomic mass is 10.2. The Hall–Kier alpha value is -1.79. The number of carbonyl (C=O) groups excluding carboxylic acids is 3. The topological polar surface area (TPSA) is 84.9 Å². The van der Waals surface area contributed by atoms with E-state index in [1.807, 2.05) is 6.92 Å². The van der Waals surface area contributed by atoms with Gasteiger partial charge in [0, 0.05) is 6.54 Å². The molecule has 0 fully saturated rings. The quantitative estimate of drug-likeness (QED) is 0.687. The summed E-state index contributed by atoms with van der Waals surface area (Å²) >= 11 is 0. The van der Waals surface area contributed by atoms with Crippen molar-refractivity contribution in [2.45, 2.75) is 26.3 Å². The van der Waals surface area contributed by atoms with Gasteiger partial charge in [0.2, 0.25) is 5.91 Å². The van der Waals surface area contributed by atoms with E-state index in [1.54, 1.807) is 6.92 Å². The lowest BCUT2D eigenvalue weighted by Crippen LogP contribution is -2.48. The molecule has 0 aromatic heterocycles. The molecule has 0 saturated carbocycles. The minimum Gasteiger partial charge on any atom is -0.467 e. The molecule has 1 atom stereocenters. The second-order valence-electron chi connectivity index (χ2n) is 3.63. The molecule has 0 aliphatic rings. The Morgan fingerprint density at radius 1 is 1.22 bits per heavy atom. The Labute approximate surface area is 106 Å². The maximum Gasteiger partial charge on any atom is 0.407 e. The maximum atomic E-state index is 11.9. The molecule has 7 heteroatoms. The standard InChI is InChI=1S/C11H20N2O5/c1-5-6-13(8(2)10(15)17-3)9(14)7-12-11(16)18-4/h8H,5-7H2,1-4H3,(H,12,16)/t8-/m1/s1. The molecule has 18 heavy (non-hydrogen) atoms. The number of nitrogens with one attached hydrogen (secondary N) is 1. The summed E-state index contributed by atoms with van der Waals surface area (Å²) in [4.78, 5) is 35.5. The minimum atomic E-state index is -0.689. The van der Waals surface area contributed by atoms with E-state index in [9.17, 15) is 14.4 Å². The molecule has 0 aliphatic carbocycles. The lowest BCUT2D eigenvalue weighted by Gasteiger charge is -2.27. The van der Waals surface area contributed by atoms with Crippen molar-refractivity contribution in [3.8, 4) is 0 Å². The van der Waals surface area contributed by atoms with Crippen LogP contribution in [0.25, 0.3) is 0 Å². The van der Waals surface area contributed by atoms with Gasteiger partial charge < -0.3 is 19.7 Å². The summed E-state index contributed by atoms with van der Waals surface area (Å²) in [6.45, 7) is 3.67. The predicted octanol–water partition coefficient (Wildman–Crippen LogP) is 0.143. The van der Waals surface area contributed by atoms with Crippen molar-refractivity contribution in [2.24, 2.45) is 0 Å². The number of methoxy groups -OCH3 is 2. The van der Waals surface area contributed by atoms with Gasteiger partial charge in [-0.15, -0.1) is 0 Å². The smallest absolute Gasteiger partial charge is 0.407 e. The van der Waals surface area contributed by atoms with E-state index in [0.29, 0.717) is 13.0 Å². The third-order valence-corrected chi connectivity index (χ3v) is 2.36. The van der Waals surface area contributed by atoms with Crippen molar-refractivity contribution in [1.82, 2.24) is 10.2 Å². The fourth-order valence-corrected chi connectivity index (χ4v) is 1.39. The number of esters is 1. The molecule has 0 aromatic carbocycles. The van der Waals surface area contributed by atoms with Gasteiger partial charge in [0.05, 0.1) is 14.2 Å². The zero-order valence-electron chi connectivity index (χ0n) is 11.2. The van der Waals surface area contributed by atoms with Crippen LogP contribution in [0.3, 0.4) is 0 Å². The van der Waals surface area contributed by atoms with Crippen LogP contribution in [0, 0.1) is 0 Å². The van der Waals surface area contributed by atoms with Crippen LogP contribution in [0.1, 0.15) is 20.3 Å². The second kappa shape index (κ2) is 8.32. The molecule has 0 bridgehead atoms. The van der Waals surface area contributed by atoms with Gasteiger partial charge in [-0.05, 0) is 13.3 Å². The Morgan fingerprint density at radius 3 is 2.28 bits per heavy atom. The fourth-order valence-electron chi connectivity index (χ4n) is 1.39. The van der Waals surface area contributed by atoms with Crippen molar-refractivity contribution >= 4 is 18.0 Å². The predicted molar refractivity (Wildman–Crippen MR) is 63.9 cm³/mol. The highest BCUT2D eigenvalue weighted by Gasteiger charge is 2.25. The SMILES string of the molecule is CCCN(C(=O)CNC(=O)OC)[C@H](C)C(=O)OC. The first-order chi connectivity index (χ1) is 8.47. The average molecular weight is 260 g/mol. The number of nitrogens with zero attached hydrogens (tertiary/aromatic N) is 1. The number of hydrogen-bond acceptors (Lipinski definition) is 5. The van der Waals surface area contributed by atoms with E-state index in [2.05, 4.69) is 14.8 Å². The molecule has 2 amide bonds. The van der Waals surface area contributed by atoms with Crippen molar-refractivity contribution in [2.75, 3.05) is 27.3 Å². The van der Waals surface area contributed by atoms with Crippen LogP contribution in [0.4, 0.5) is 4.79 Å². The van der Waals surface area contributed by atoms with Gasteiger partial charge in [-0.25, -0.2) is 9.59 Å². The van der Waals surface area contributed by atoms with E-state index < -0.39 is 18.1 Å². The summed E-state index contributed by atoms with van der Waals surface area (Å²) in [5.41, 5.74) is 0. The van der Waals surface area contributed by atoms with Gasteiger partial charge in [0.25, 0.3) is 0 Å². The van der Waals surface area contributed by atoms with Crippen LogP contribution in [0.15, 0.2) is 0 Å². The number of carbonyl (C=O) groups is 3. The normalized spacial score (nSPS) is 11.3. The Balaban J connectivity index is 4.53. The third-order valence-electron chi connectivity index (χ3n) is 2.36. The summed E-state index contributed by atoms with van der Waals surface area (Å²) in [6.07, 6.45) is 0.0104. The molecule has 0 saturated heterocycles. The fraction of sp³-hybridized carbons (Fsp3) is 0.727. The highest BCUT2D eigenvalue weighted by atomic mass is 16.5. The zero-order valence-corrected chi connectivity index (χ0v) is 11.2. The van der Waals surface area contributed by atoms with Crippen molar-refractivity contribution in [3.05, 3.63) is 0 Å². The van der Waals surface area contributed by atoms with Gasteiger partial charge in [-0.3, -0.25) is 4.79 Å². The first-order valence-electron chi connectivity index (χ1n) is 5.67. The van der Waals surface area contributed by atoms with Crippen LogP contribution in [0.5, 0.6) is 0 Å². The molecule has 0 spiro atoms. The average Bonchev–Trinajstić information content (AvgIpc) is 2.39. The number of ether oxygens (including phenoxy) is 2. The molecular weight excluding hydrogens is 240 g/mol. The highest BCUT2D eigenvalue weighted by Crippen LogP contribution is 2.03. The number of amides is 2. The Morgan fingerprint density at radius 2 is 1.83 bits per heavy atom. The summed E-state index contributed by atoms with van der Waals surface area (Å²) in [7, 11) is 2.47. The van der Waals surface area contributed by atoms with Gasteiger partial charge in [0.1, 0.15) is 12.6 Å². The first kappa shape index (κ1) is 16.2. The molecule has 0 aromatic rings.